The number of amides is 1. The van der Waals surface area contributed by atoms with Crippen LogP contribution in [-0.2, 0) is 14.8 Å². The summed E-state index contributed by atoms with van der Waals surface area (Å²) in [6.45, 7) is 7.74. The Labute approximate surface area is 145 Å². The van der Waals surface area contributed by atoms with E-state index in [-0.39, 0.29) is 31.0 Å². The summed E-state index contributed by atoms with van der Waals surface area (Å²) < 4.78 is 30.7. The number of para-hydroxylation sites is 2. The zero-order valence-corrected chi connectivity index (χ0v) is 15.9. The summed E-state index contributed by atoms with van der Waals surface area (Å²) in [5, 5.41) is 2.79. The molecule has 7 heteroatoms. The lowest BCUT2D eigenvalue weighted by Gasteiger charge is -2.25. The van der Waals surface area contributed by atoms with Crippen molar-refractivity contribution in [2.45, 2.75) is 52.7 Å². The molecule has 1 N–H and O–H groups in total. The van der Waals surface area contributed by atoms with Crippen molar-refractivity contribution in [3.05, 3.63) is 24.3 Å². The highest BCUT2D eigenvalue weighted by molar-refractivity contribution is 7.88. The Morgan fingerprint density at radius 3 is 2.42 bits per heavy atom. The first-order chi connectivity index (χ1) is 11.1. The Bertz CT molecular complexity index is 644. The number of carbonyl (C=O) groups excluding carboxylic acids is 1. The van der Waals surface area contributed by atoms with Crippen LogP contribution in [0.4, 0.5) is 5.69 Å². The van der Waals surface area contributed by atoms with E-state index in [1.807, 2.05) is 39.8 Å². The second-order valence-electron chi connectivity index (χ2n) is 6.09. The molecule has 1 aromatic rings. The highest BCUT2D eigenvalue weighted by Gasteiger charge is 2.22. The minimum absolute atomic E-state index is 0.00539. The molecule has 0 bridgehead atoms. The first-order valence-electron chi connectivity index (χ1n) is 8.17. The summed E-state index contributed by atoms with van der Waals surface area (Å²) >= 11 is 0. The van der Waals surface area contributed by atoms with E-state index < -0.39 is 10.0 Å². The molecule has 1 unspecified atom stereocenters. The van der Waals surface area contributed by atoms with Crippen molar-refractivity contribution in [2.75, 3.05) is 18.1 Å². The number of carbonyl (C=O) groups is 1. The van der Waals surface area contributed by atoms with Crippen LogP contribution >= 0.6 is 0 Å². The first kappa shape index (κ1) is 20.4. The number of sulfonamides is 1. The molecule has 0 heterocycles. The number of hydrogen-bond donors (Lipinski definition) is 1. The van der Waals surface area contributed by atoms with E-state index in [4.69, 9.17) is 4.74 Å². The highest BCUT2D eigenvalue weighted by Crippen LogP contribution is 2.25. The first-order valence-corrected chi connectivity index (χ1v) is 10.0. The van der Waals surface area contributed by atoms with E-state index >= 15 is 0 Å². The van der Waals surface area contributed by atoms with Crippen LogP contribution in [0.2, 0.25) is 0 Å². The number of benzene rings is 1. The lowest BCUT2D eigenvalue weighted by molar-refractivity contribution is -0.116. The third-order valence-electron chi connectivity index (χ3n) is 3.59. The second-order valence-corrected chi connectivity index (χ2v) is 8.03. The molecule has 1 rings (SSSR count). The molecule has 0 radical (unpaired) electrons. The van der Waals surface area contributed by atoms with Crippen molar-refractivity contribution >= 4 is 21.6 Å². The van der Waals surface area contributed by atoms with Gasteiger partial charge < -0.3 is 10.1 Å². The van der Waals surface area contributed by atoms with Crippen LogP contribution in [0.1, 0.15) is 40.5 Å². The van der Waals surface area contributed by atoms with Crippen LogP contribution in [0.5, 0.6) is 5.75 Å². The SMILES string of the molecule is CCC(C)N(CCC(=O)Nc1ccccc1OC(C)C)S(C)(=O)=O. The van der Waals surface area contributed by atoms with Crippen molar-refractivity contribution in [3.8, 4) is 5.75 Å². The average molecular weight is 356 g/mol. The normalized spacial score (nSPS) is 13.1. The standard InChI is InChI=1S/C17H28N2O4S/c1-6-14(4)19(24(5,21)22)12-11-17(20)18-15-9-7-8-10-16(15)23-13(2)3/h7-10,13-14H,6,11-12H2,1-5H3,(H,18,20). The maximum absolute atomic E-state index is 12.2. The van der Waals surface area contributed by atoms with Crippen LogP contribution in [-0.4, -0.2) is 43.6 Å². The fourth-order valence-electron chi connectivity index (χ4n) is 2.27. The molecule has 24 heavy (non-hydrogen) atoms. The topological polar surface area (TPSA) is 75.7 Å². The minimum atomic E-state index is -3.34. The van der Waals surface area contributed by atoms with Gasteiger partial charge in [-0.05, 0) is 39.3 Å². The van der Waals surface area contributed by atoms with Gasteiger partial charge in [-0.25, -0.2) is 8.42 Å². The smallest absolute Gasteiger partial charge is 0.225 e. The molecule has 0 aliphatic carbocycles. The molecule has 0 fully saturated rings. The predicted molar refractivity (Wildman–Crippen MR) is 96.8 cm³/mol. The van der Waals surface area contributed by atoms with E-state index in [1.54, 1.807) is 12.1 Å². The van der Waals surface area contributed by atoms with Crippen LogP contribution in [0.25, 0.3) is 0 Å². The summed E-state index contributed by atoms with van der Waals surface area (Å²) in [6.07, 6.45) is 1.95. The molecule has 136 valence electrons. The fourth-order valence-corrected chi connectivity index (χ4v) is 3.49. The van der Waals surface area contributed by atoms with Crippen molar-refractivity contribution in [3.63, 3.8) is 0 Å². The maximum Gasteiger partial charge on any atom is 0.225 e. The molecular weight excluding hydrogens is 328 g/mol. The minimum Gasteiger partial charge on any atom is -0.489 e. The summed E-state index contributed by atoms with van der Waals surface area (Å²) in [6, 6.07) is 7.06. The van der Waals surface area contributed by atoms with Gasteiger partial charge in [0.15, 0.2) is 0 Å². The van der Waals surface area contributed by atoms with E-state index in [2.05, 4.69) is 5.32 Å². The van der Waals surface area contributed by atoms with Crippen molar-refractivity contribution in [2.24, 2.45) is 0 Å². The number of ether oxygens (including phenoxy) is 1. The van der Waals surface area contributed by atoms with Crippen LogP contribution < -0.4 is 10.1 Å². The van der Waals surface area contributed by atoms with E-state index in [9.17, 15) is 13.2 Å². The lowest BCUT2D eigenvalue weighted by Crippen LogP contribution is -2.39. The van der Waals surface area contributed by atoms with Gasteiger partial charge in [-0.15, -0.1) is 0 Å². The zero-order chi connectivity index (χ0) is 18.3. The summed E-state index contributed by atoms with van der Waals surface area (Å²) in [5.41, 5.74) is 0.589. The molecule has 0 spiro atoms. The summed E-state index contributed by atoms with van der Waals surface area (Å²) in [4.78, 5) is 12.2. The third kappa shape index (κ3) is 6.49. The molecule has 0 aliphatic rings. The van der Waals surface area contributed by atoms with Gasteiger partial charge in [0.2, 0.25) is 15.9 Å². The van der Waals surface area contributed by atoms with Gasteiger partial charge in [0.1, 0.15) is 5.75 Å². The second kappa shape index (κ2) is 9.03. The van der Waals surface area contributed by atoms with Gasteiger partial charge in [-0.3, -0.25) is 4.79 Å². The molecule has 0 aromatic heterocycles. The Morgan fingerprint density at radius 1 is 1.25 bits per heavy atom. The van der Waals surface area contributed by atoms with Crippen molar-refractivity contribution in [1.29, 1.82) is 0 Å². The molecule has 0 saturated carbocycles. The maximum atomic E-state index is 12.2. The average Bonchev–Trinajstić information content (AvgIpc) is 2.47. The van der Waals surface area contributed by atoms with Gasteiger partial charge in [0, 0.05) is 19.0 Å². The van der Waals surface area contributed by atoms with Crippen molar-refractivity contribution < 1.29 is 17.9 Å². The van der Waals surface area contributed by atoms with Gasteiger partial charge in [0.25, 0.3) is 0 Å². The Hall–Kier alpha value is -1.60. The monoisotopic (exact) mass is 356 g/mol. The highest BCUT2D eigenvalue weighted by atomic mass is 32.2. The molecule has 1 amide bonds. The Morgan fingerprint density at radius 2 is 1.88 bits per heavy atom. The van der Waals surface area contributed by atoms with Gasteiger partial charge in [-0.1, -0.05) is 19.1 Å². The molecule has 1 aromatic carbocycles. The van der Waals surface area contributed by atoms with E-state index in [1.165, 1.54) is 10.6 Å². The number of nitrogens with one attached hydrogen (secondary N) is 1. The fraction of sp³-hybridized carbons (Fsp3) is 0.588. The zero-order valence-electron chi connectivity index (χ0n) is 15.1. The van der Waals surface area contributed by atoms with E-state index in [0.29, 0.717) is 17.9 Å². The molecule has 0 saturated heterocycles. The molecule has 1 atom stereocenters. The Balaban J connectivity index is 2.73. The Kier molecular flexibility index (Phi) is 7.69. The van der Waals surface area contributed by atoms with Crippen molar-refractivity contribution in [1.82, 2.24) is 4.31 Å². The quantitative estimate of drug-likeness (QED) is 0.738. The number of nitrogens with zero attached hydrogens (tertiary/aromatic N) is 1. The number of rotatable bonds is 9. The summed E-state index contributed by atoms with van der Waals surface area (Å²) in [7, 11) is -3.34. The van der Waals surface area contributed by atoms with Gasteiger partial charge in [0.05, 0.1) is 18.0 Å². The van der Waals surface area contributed by atoms with Gasteiger partial charge in [-0.2, -0.15) is 4.31 Å². The third-order valence-corrected chi connectivity index (χ3v) is 4.99. The van der Waals surface area contributed by atoms with E-state index in [0.717, 1.165) is 0 Å². The molecular formula is C17H28N2O4S. The van der Waals surface area contributed by atoms with Crippen LogP contribution in [0.3, 0.4) is 0 Å². The van der Waals surface area contributed by atoms with Crippen LogP contribution in [0.15, 0.2) is 24.3 Å². The summed E-state index contributed by atoms with van der Waals surface area (Å²) in [5.74, 6) is 0.356. The number of hydrogen-bond acceptors (Lipinski definition) is 4. The predicted octanol–water partition coefficient (Wildman–Crippen LogP) is 2.86. The largest absolute Gasteiger partial charge is 0.489 e. The molecule has 0 aliphatic heterocycles. The van der Waals surface area contributed by atoms with Gasteiger partial charge >= 0.3 is 0 Å². The lowest BCUT2D eigenvalue weighted by atomic mass is 10.2. The number of anilines is 1. The van der Waals surface area contributed by atoms with Crippen LogP contribution in [0, 0.1) is 0 Å². The molecule has 6 nitrogen and oxygen atoms in total.